The minimum absolute atomic E-state index is 0.0626. The number of carboxylic acids is 1. The van der Waals surface area contributed by atoms with Crippen molar-refractivity contribution in [2.75, 3.05) is 20.3 Å². The Kier molecular flexibility index (Phi) is 13.6. The highest BCUT2D eigenvalue weighted by molar-refractivity contribution is 5.79. The zero-order valence-corrected chi connectivity index (χ0v) is 39.7. The maximum absolute atomic E-state index is 14.7. The van der Waals surface area contributed by atoms with Gasteiger partial charge in [-0.1, -0.05) is 60.1 Å². The van der Waals surface area contributed by atoms with E-state index in [1.165, 1.54) is 12.7 Å². The molecule has 3 aliphatic heterocycles. The number of hydrogen-bond acceptors (Lipinski definition) is 17. The fourth-order valence-corrected chi connectivity index (χ4v) is 15.0. The smallest absolute Gasteiger partial charge is 0.335 e. The molecule has 5 aliphatic carbocycles. The normalized spacial score (nSPS) is 52.1. The number of aliphatic hydroxyl groups excluding tert-OH is 8. The number of hydrogen-bond donors (Lipinski definition) is 9. The molecule has 9 N–H and O–H groups in total. The van der Waals surface area contributed by atoms with E-state index in [4.69, 9.17) is 33.2 Å². The Morgan fingerprint density at radius 2 is 1.42 bits per heavy atom. The summed E-state index contributed by atoms with van der Waals surface area (Å²) < 4.78 is 41.0. The number of carbonyl (C=O) groups excluding carboxylic acids is 1. The molecule has 66 heavy (non-hydrogen) atoms. The van der Waals surface area contributed by atoms with Crippen molar-refractivity contribution in [1.82, 2.24) is 0 Å². The van der Waals surface area contributed by atoms with Crippen LogP contribution in [0.25, 0.3) is 0 Å². The van der Waals surface area contributed by atoms with Crippen LogP contribution in [0.15, 0.2) is 11.6 Å². The van der Waals surface area contributed by atoms with Crippen LogP contribution in [0.5, 0.6) is 0 Å². The quantitative estimate of drug-likeness (QED) is 0.0900. The van der Waals surface area contributed by atoms with Crippen molar-refractivity contribution in [2.24, 2.45) is 50.2 Å². The molecule has 3 saturated heterocycles. The number of carboxylic acid groups (broad SMARTS) is 1. The molecule has 3 heterocycles. The summed E-state index contributed by atoms with van der Waals surface area (Å²) in [7, 11) is 1.28. The Morgan fingerprint density at radius 3 is 2.09 bits per heavy atom. The monoisotopic (exact) mass is 941 g/mol. The van der Waals surface area contributed by atoms with Crippen molar-refractivity contribution in [1.29, 1.82) is 0 Å². The van der Waals surface area contributed by atoms with Gasteiger partial charge in [0, 0.05) is 7.11 Å². The Morgan fingerprint density at radius 1 is 0.727 bits per heavy atom. The number of carbonyl (C=O) groups is 2. The number of aliphatic hydroxyl groups is 8. The lowest BCUT2D eigenvalue weighted by atomic mass is 9.33. The summed E-state index contributed by atoms with van der Waals surface area (Å²) >= 11 is 0. The van der Waals surface area contributed by atoms with Gasteiger partial charge >= 0.3 is 11.9 Å². The summed E-state index contributed by atoms with van der Waals surface area (Å²) in [5.41, 5.74) is -0.778. The third-order valence-electron chi connectivity index (χ3n) is 19.1. The van der Waals surface area contributed by atoms with Gasteiger partial charge in [-0.25, -0.2) is 4.79 Å². The van der Waals surface area contributed by atoms with E-state index >= 15 is 0 Å². The molecule has 0 aromatic rings. The second kappa shape index (κ2) is 17.8. The maximum Gasteiger partial charge on any atom is 0.335 e. The van der Waals surface area contributed by atoms with Crippen LogP contribution in [0.2, 0.25) is 0 Å². The topological polar surface area (TPSA) is 281 Å². The van der Waals surface area contributed by atoms with Gasteiger partial charge in [0.25, 0.3) is 0 Å². The first-order valence-corrected chi connectivity index (χ1v) is 24.1. The molecule has 0 unspecified atom stereocenters. The van der Waals surface area contributed by atoms with Crippen LogP contribution < -0.4 is 0 Å². The highest BCUT2D eigenvalue weighted by atomic mass is 16.7. The molecule has 0 spiro atoms. The zero-order valence-electron chi connectivity index (χ0n) is 39.7. The van der Waals surface area contributed by atoms with E-state index in [1.54, 1.807) is 0 Å². The highest BCUT2D eigenvalue weighted by Crippen LogP contribution is 2.76. The molecule has 7 fully saturated rings. The summed E-state index contributed by atoms with van der Waals surface area (Å²) in [6.07, 6.45) is -12.1. The zero-order chi connectivity index (χ0) is 48.3. The van der Waals surface area contributed by atoms with Crippen LogP contribution in [-0.2, 0) is 42.7 Å². The minimum Gasteiger partial charge on any atom is -0.479 e. The van der Waals surface area contributed by atoms with Gasteiger partial charge in [-0.15, -0.1) is 0 Å². The first-order valence-electron chi connectivity index (χ1n) is 24.1. The lowest BCUT2D eigenvalue weighted by molar-refractivity contribution is -0.358. The molecule has 18 nitrogen and oxygen atoms in total. The van der Waals surface area contributed by atoms with Gasteiger partial charge in [0.2, 0.25) is 6.29 Å². The van der Waals surface area contributed by atoms with Crippen LogP contribution in [0.3, 0.4) is 0 Å². The van der Waals surface area contributed by atoms with Crippen molar-refractivity contribution in [2.45, 2.75) is 205 Å². The number of methoxy groups -OCH3 is 1. The van der Waals surface area contributed by atoms with Crippen LogP contribution in [0.4, 0.5) is 0 Å². The number of fused-ring (bicyclic) bond motifs is 7. The SMILES string of the molecule is CO[C@H]1[C@H](O[C@@H]2[C@@H](O)[C@H](O[C@H]3CC[C@@]4(C)[C@H](CC[C@]5(C)[C@@H]4CC=C4[C@H]6CC(C)(C)CC[C@]6(C(=O)O[C@@H]6O[C@H](CO)[C@@H](O)[C@H](O)[C@H]6O)CC[C@]45C)C3(C)C)O[C@H](C(=O)O)[C@H]2O)OC[C@@H](O)[C@@H]1O. The van der Waals surface area contributed by atoms with Gasteiger partial charge in [0.15, 0.2) is 18.7 Å². The van der Waals surface area contributed by atoms with Crippen molar-refractivity contribution in [3.63, 3.8) is 0 Å². The first kappa shape index (κ1) is 50.5. The van der Waals surface area contributed by atoms with Crippen molar-refractivity contribution >= 4 is 11.9 Å². The molecule has 0 bridgehead atoms. The largest absolute Gasteiger partial charge is 0.479 e. The number of allylic oxidation sites excluding steroid dienone is 2. The predicted octanol–water partition coefficient (Wildman–Crippen LogP) is 1.53. The molecule has 4 saturated carbocycles. The van der Waals surface area contributed by atoms with Crippen molar-refractivity contribution in [3.05, 3.63) is 11.6 Å². The molecular formula is C48H76O18. The molecule has 0 amide bonds. The Hall–Kier alpha value is -1.88. The van der Waals surface area contributed by atoms with Gasteiger partial charge in [-0.3, -0.25) is 4.79 Å². The second-order valence-electron chi connectivity index (χ2n) is 23.3. The van der Waals surface area contributed by atoms with Gasteiger partial charge in [-0.05, 0) is 109 Å². The van der Waals surface area contributed by atoms with E-state index in [-0.39, 0.29) is 46.0 Å². The summed E-state index contributed by atoms with van der Waals surface area (Å²) in [5.74, 6) is -1.73. The van der Waals surface area contributed by atoms with Crippen LogP contribution in [0, 0.1) is 50.2 Å². The van der Waals surface area contributed by atoms with Crippen molar-refractivity contribution in [3.8, 4) is 0 Å². The van der Waals surface area contributed by atoms with Crippen LogP contribution >= 0.6 is 0 Å². The average molecular weight is 941 g/mol. The first-order chi connectivity index (χ1) is 30.8. The fourth-order valence-electron chi connectivity index (χ4n) is 15.0. The van der Waals surface area contributed by atoms with E-state index in [9.17, 15) is 55.5 Å². The van der Waals surface area contributed by atoms with Gasteiger partial charge < -0.3 is 79.1 Å². The Labute approximate surface area is 386 Å². The molecule has 18 heteroatoms. The third kappa shape index (κ3) is 7.83. The second-order valence-corrected chi connectivity index (χ2v) is 23.3. The van der Waals surface area contributed by atoms with Crippen molar-refractivity contribution < 1.29 is 88.7 Å². The standard InChI is InChI=1S/C48H76O18/c1-43(2)15-17-48(42(59)66-39-32(54)31(53)30(52)25(20-49)62-39)18-16-46(6)22(23(48)19-43)9-10-27-45(5)13-12-28(44(3,4)26(45)11-14-47(27,46)7)63-40-34(56)35(33(55)36(65-40)38(57)58)64-41-37(60-8)29(51)24(50)21-61-41/h9,23-37,39-41,49-56H,10-21H2,1-8H3,(H,57,58)/t23-,24-,25-,26-,27-,28+,29+,30-,31+,32-,33+,34-,35+,36+,37-,39+,40-,41+,45+,46-,47-,48+/m1/s1. The highest BCUT2D eigenvalue weighted by Gasteiger charge is 2.70. The van der Waals surface area contributed by atoms with E-state index in [1.807, 2.05) is 0 Å². The summed E-state index contributed by atoms with van der Waals surface area (Å²) in [4.78, 5) is 27.1. The summed E-state index contributed by atoms with van der Waals surface area (Å²) in [6.45, 7) is 15.1. The fraction of sp³-hybridized carbons (Fsp3) is 0.917. The number of rotatable bonds is 9. The number of esters is 1. The molecule has 0 radical (unpaired) electrons. The minimum atomic E-state index is -1.84. The molecule has 8 aliphatic rings. The number of aliphatic carboxylic acids is 1. The van der Waals surface area contributed by atoms with Gasteiger partial charge in [0.1, 0.15) is 61.0 Å². The van der Waals surface area contributed by atoms with E-state index in [0.717, 1.165) is 44.9 Å². The average Bonchev–Trinajstić information content (AvgIpc) is 3.25. The lowest BCUT2D eigenvalue weighted by Gasteiger charge is -2.71. The third-order valence-corrected chi connectivity index (χ3v) is 19.1. The molecule has 376 valence electrons. The maximum atomic E-state index is 14.7. The lowest BCUT2D eigenvalue weighted by Crippen LogP contribution is -2.67. The van der Waals surface area contributed by atoms with Gasteiger partial charge in [-0.2, -0.15) is 0 Å². The summed E-state index contributed by atoms with van der Waals surface area (Å²) in [6, 6.07) is 0. The molecule has 8 rings (SSSR count). The predicted molar refractivity (Wildman–Crippen MR) is 230 cm³/mol. The van der Waals surface area contributed by atoms with Gasteiger partial charge in [0.05, 0.1) is 24.7 Å². The van der Waals surface area contributed by atoms with Crippen LogP contribution in [0.1, 0.15) is 113 Å². The van der Waals surface area contributed by atoms with E-state index < -0.39 is 121 Å². The summed E-state index contributed by atoms with van der Waals surface area (Å²) in [5, 5.41) is 95.2. The Bertz CT molecular complexity index is 1840. The molecular weight excluding hydrogens is 865 g/mol. The molecule has 22 atom stereocenters. The molecule has 0 aromatic heterocycles. The van der Waals surface area contributed by atoms with E-state index in [2.05, 4.69) is 54.5 Å². The van der Waals surface area contributed by atoms with E-state index in [0.29, 0.717) is 19.3 Å². The van der Waals surface area contributed by atoms with Crippen LogP contribution in [-0.4, -0.2) is 170 Å². The Balaban J connectivity index is 1.03. The molecule has 0 aromatic carbocycles. The number of ether oxygens (including phenoxy) is 7.